The molecule has 3 rings (SSSR count). The Hall–Kier alpha value is -1.59. The van der Waals surface area contributed by atoms with Crippen molar-refractivity contribution in [3.8, 4) is 0 Å². The number of ether oxygens (including phenoxy) is 3. The van der Waals surface area contributed by atoms with Gasteiger partial charge in [-0.3, -0.25) is 0 Å². The third kappa shape index (κ3) is 2.96. The average molecular weight is 305 g/mol. The molecule has 22 heavy (non-hydrogen) atoms. The van der Waals surface area contributed by atoms with Gasteiger partial charge < -0.3 is 19.1 Å². The topological polar surface area (TPSA) is 48.0 Å². The highest BCUT2D eigenvalue weighted by atomic mass is 16.7. The third-order valence-electron chi connectivity index (χ3n) is 4.76. The number of methoxy groups -OCH3 is 2. The largest absolute Gasteiger partial charge is 0.445 e. The van der Waals surface area contributed by atoms with E-state index in [-0.39, 0.29) is 17.8 Å². The molecular formula is C17H23NO4. The Morgan fingerprint density at radius 3 is 2.45 bits per heavy atom. The molecule has 1 aliphatic heterocycles. The molecule has 0 aromatic heterocycles. The molecule has 1 saturated heterocycles. The fourth-order valence-electron chi connectivity index (χ4n) is 3.69. The van der Waals surface area contributed by atoms with Crippen molar-refractivity contribution < 1.29 is 19.0 Å². The highest BCUT2D eigenvalue weighted by molar-refractivity contribution is 5.69. The minimum atomic E-state index is -0.215. The van der Waals surface area contributed by atoms with Gasteiger partial charge in [0.1, 0.15) is 6.61 Å². The molecule has 0 unspecified atom stereocenters. The van der Waals surface area contributed by atoms with Crippen LogP contribution in [-0.2, 0) is 20.8 Å². The van der Waals surface area contributed by atoms with Gasteiger partial charge in [-0.1, -0.05) is 30.3 Å². The standard InChI is InChI=1S/C17H23NO4/c1-20-15(21-2)14-8-17(9-14)11-18(12-17)16(19)22-10-13-6-4-3-5-7-13/h3-7,14-15H,8-12H2,1-2H3. The van der Waals surface area contributed by atoms with Crippen molar-refractivity contribution in [2.45, 2.75) is 25.7 Å². The number of hydrogen-bond donors (Lipinski definition) is 0. The fraction of sp³-hybridized carbons (Fsp3) is 0.588. The first-order chi connectivity index (χ1) is 10.7. The van der Waals surface area contributed by atoms with Crippen molar-refractivity contribution >= 4 is 6.09 Å². The van der Waals surface area contributed by atoms with Crippen LogP contribution in [0.25, 0.3) is 0 Å². The van der Waals surface area contributed by atoms with Gasteiger partial charge in [-0.05, 0) is 18.4 Å². The molecule has 1 saturated carbocycles. The zero-order valence-electron chi connectivity index (χ0n) is 13.2. The van der Waals surface area contributed by atoms with Crippen LogP contribution < -0.4 is 0 Å². The minimum absolute atomic E-state index is 0.121. The molecule has 1 spiro atoms. The van der Waals surface area contributed by atoms with Crippen LogP contribution in [0.3, 0.4) is 0 Å². The lowest BCUT2D eigenvalue weighted by molar-refractivity contribution is -0.202. The second-order valence-corrected chi connectivity index (χ2v) is 6.40. The number of benzene rings is 1. The van der Waals surface area contributed by atoms with Crippen LogP contribution in [0.15, 0.2) is 30.3 Å². The van der Waals surface area contributed by atoms with E-state index in [1.165, 1.54) is 0 Å². The van der Waals surface area contributed by atoms with Crippen molar-refractivity contribution in [3.05, 3.63) is 35.9 Å². The maximum absolute atomic E-state index is 12.0. The SMILES string of the molecule is COC(OC)C1CC2(C1)CN(C(=O)OCc1ccccc1)C2. The second-order valence-electron chi connectivity index (χ2n) is 6.40. The first-order valence-corrected chi connectivity index (χ1v) is 7.67. The van der Waals surface area contributed by atoms with E-state index < -0.39 is 0 Å². The zero-order valence-corrected chi connectivity index (χ0v) is 13.2. The van der Waals surface area contributed by atoms with Gasteiger partial charge in [-0.15, -0.1) is 0 Å². The monoisotopic (exact) mass is 305 g/mol. The van der Waals surface area contributed by atoms with Crippen LogP contribution in [0.1, 0.15) is 18.4 Å². The number of carbonyl (C=O) groups is 1. The lowest BCUT2D eigenvalue weighted by atomic mass is 9.57. The summed E-state index contributed by atoms with van der Waals surface area (Å²) in [4.78, 5) is 13.8. The molecule has 1 aromatic carbocycles. The highest BCUT2D eigenvalue weighted by Crippen LogP contribution is 2.53. The predicted molar refractivity (Wildman–Crippen MR) is 81.2 cm³/mol. The molecule has 0 radical (unpaired) electrons. The van der Waals surface area contributed by atoms with Crippen molar-refractivity contribution in [1.29, 1.82) is 0 Å². The highest BCUT2D eigenvalue weighted by Gasteiger charge is 2.56. The number of rotatable bonds is 5. The average Bonchev–Trinajstić information content (AvgIpc) is 2.47. The quantitative estimate of drug-likeness (QED) is 0.785. The lowest BCUT2D eigenvalue weighted by Crippen LogP contribution is -2.65. The van der Waals surface area contributed by atoms with Crippen LogP contribution in [0, 0.1) is 11.3 Å². The van der Waals surface area contributed by atoms with Crippen molar-refractivity contribution in [2.24, 2.45) is 11.3 Å². The van der Waals surface area contributed by atoms with Crippen LogP contribution >= 0.6 is 0 Å². The van der Waals surface area contributed by atoms with E-state index in [2.05, 4.69) is 0 Å². The summed E-state index contributed by atoms with van der Waals surface area (Å²) in [6.07, 6.45) is 1.78. The Morgan fingerprint density at radius 2 is 1.86 bits per heavy atom. The molecule has 1 aliphatic carbocycles. The number of carbonyl (C=O) groups excluding carboxylic acids is 1. The summed E-state index contributed by atoms with van der Waals surface area (Å²) in [6, 6.07) is 9.75. The summed E-state index contributed by atoms with van der Waals surface area (Å²) < 4.78 is 15.9. The molecule has 5 heteroatoms. The van der Waals surface area contributed by atoms with Crippen LogP contribution in [0.5, 0.6) is 0 Å². The first kappa shape index (κ1) is 15.3. The zero-order chi connectivity index (χ0) is 15.6. The normalized spacial score (nSPS) is 19.9. The van der Waals surface area contributed by atoms with Crippen molar-refractivity contribution in [3.63, 3.8) is 0 Å². The van der Waals surface area contributed by atoms with E-state index in [0.717, 1.165) is 31.5 Å². The van der Waals surface area contributed by atoms with Crippen LogP contribution in [0.4, 0.5) is 4.79 Å². The van der Waals surface area contributed by atoms with E-state index in [1.807, 2.05) is 30.3 Å². The summed E-state index contributed by atoms with van der Waals surface area (Å²) >= 11 is 0. The summed E-state index contributed by atoms with van der Waals surface area (Å²) in [6.45, 7) is 1.91. The molecule has 1 aromatic rings. The maximum atomic E-state index is 12.0. The predicted octanol–water partition coefficient (Wildman–Crippen LogP) is 2.65. The van der Waals surface area contributed by atoms with E-state index in [1.54, 1.807) is 19.1 Å². The van der Waals surface area contributed by atoms with Gasteiger partial charge in [0.25, 0.3) is 0 Å². The third-order valence-corrected chi connectivity index (χ3v) is 4.76. The number of nitrogens with zero attached hydrogens (tertiary/aromatic N) is 1. The molecule has 1 heterocycles. The summed E-state index contributed by atoms with van der Waals surface area (Å²) in [5, 5.41) is 0. The van der Waals surface area contributed by atoms with Gasteiger partial charge >= 0.3 is 6.09 Å². The Labute approximate surface area is 131 Å². The Balaban J connectivity index is 1.40. The van der Waals surface area contributed by atoms with Crippen LogP contribution in [-0.4, -0.2) is 44.6 Å². The first-order valence-electron chi connectivity index (χ1n) is 7.67. The van der Waals surface area contributed by atoms with Crippen LogP contribution in [0.2, 0.25) is 0 Å². The van der Waals surface area contributed by atoms with Gasteiger partial charge in [0.2, 0.25) is 0 Å². The van der Waals surface area contributed by atoms with Crippen molar-refractivity contribution in [1.82, 2.24) is 4.90 Å². The van der Waals surface area contributed by atoms with Gasteiger partial charge in [0, 0.05) is 38.6 Å². The van der Waals surface area contributed by atoms with Gasteiger partial charge in [0.05, 0.1) is 0 Å². The molecule has 0 N–H and O–H groups in total. The molecule has 0 bridgehead atoms. The summed E-state index contributed by atoms with van der Waals surface area (Å²) in [5.74, 6) is 0.442. The fourth-order valence-corrected chi connectivity index (χ4v) is 3.69. The Morgan fingerprint density at radius 1 is 1.23 bits per heavy atom. The molecule has 5 nitrogen and oxygen atoms in total. The van der Waals surface area contributed by atoms with Crippen molar-refractivity contribution in [2.75, 3.05) is 27.3 Å². The molecule has 2 aliphatic rings. The van der Waals surface area contributed by atoms with E-state index in [4.69, 9.17) is 14.2 Å². The van der Waals surface area contributed by atoms with Gasteiger partial charge in [-0.2, -0.15) is 0 Å². The van der Waals surface area contributed by atoms with E-state index >= 15 is 0 Å². The van der Waals surface area contributed by atoms with E-state index in [9.17, 15) is 4.79 Å². The Bertz CT molecular complexity index is 501. The van der Waals surface area contributed by atoms with E-state index in [0.29, 0.717) is 12.5 Å². The Kier molecular flexibility index (Phi) is 4.36. The smallest absolute Gasteiger partial charge is 0.410 e. The number of hydrogen-bond acceptors (Lipinski definition) is 4. The lowest BCUT2D eigenvalue weighted by Gasteiger charge is -2.59. The number of likely N-dealkylation sites (tertiary alicyclic amines) is 1. The summed E-state index contributed by atoms with van der Waals surface area (Å²) in [5.41, 5.74) is 1.28. The maximum Gasteiger partial charge on any atom is 0.410 e. The molecule has 2 fully saturated rings. The number of amides is 1. The van der Waals surface area contributed by atoms with Gasteiger partial charge in [0.15, 0.2) is 6.29 Å². The summed E-state index contributed by atoms with van der Waals surface area (Å²) in [7, 11) is 3.35. The second kappa shape index (κ2) is 6.26. The molecule has 0 atom stereocenters. The minimum Gasteiger partial charge on any atom is -0.445 e. The molecule has 120 valence electrons. The van der Waals surface area contributed by atoms with Gasteiger partial charge in [-0.25, -0.2) is 4.79 Å². The molecular weight excluding hydrogens is 282 g/mol. The molecule has 1 amide bonds.